The normalized spacial score (nSPS) is 14.4. The monoisotopic (exact) mass is 225 g/mol. The molecule has 90 valence electrons. The zero-order valence-corrected chi connectivity index (χ0v) is 10.0. The van der Waals surface area contributed by atoms with E-state index < -0.39 is 0 Å². The Labute approximate surface area is 96.0 Å². The molecule has 0 fully saturated rings. The van der Waals surface area contributed by atoms with E-state index in [-0.39, 0.29) is 17.9 Å². The molecule has 0 radical (unpaired) electrons. The molecule has 2 atom stereocenters. The summed E-state index contributed by atoms with van der Waals surface area (Å²) in [6, 6.07) is 3.86. The number of hydrogen-bond acceptors (Lipinski definition) is 4. The summed E-state index contributed by atoms with van der Waals surface area (Å²) in [5, 5.41) is 3.23. The largest absolute Gasteiger partial charge is 0.468 e. The van der Waals surface area contributed by atoms with Crippen molar-refractivity contribution in [3.05, 3.63) is 24.2 Å². The minimum Gasteiger partial charge on any atom is -0.468 e. The topological polar surface area (TPSA) is 51.5 Å². The number of ether oxygens (including phenoxy) is 1. The van der Waals surface area contributed by atoms with Gasteiger partial charge in [-0.25, -0.2) is 0 Å². The van der Waals surface area contributed by atoms with Gasteiger partial charge in [-0.15, -0.1) is 0 Å². The lowest BCUT2D eigenvalue weighted by Gasteiger charge is -2.15. The molecule has 0 saturated carbocycles. The van der Waals surface area contributed by atoms with Gasteiger partial charge in [-0.2, -0.15) is 0 Å². The summed E-state index contributed by atoms with van der Waals surface area (Å²) in [5.41, 5.74) is 0. The number of carbonyl (C=O) groups excluding carboxylic acids is 1. The maximum atomic E-state index is 11.4. The fraction of sp³-hybridized carbons (Fsp3) is 0.583. The summed E-state index contributed by atoms with van der Waals surface area (Å²) in [6.07, 6.45) is 1.64. The lowest BCUT2D eigenvalue weighted by atomic mass is 10.1. The highest BCUT2D eigenvalue weighted by atomic mass is 16.5. The van der Waals surface area contributed by atoms with Crippen molar-refractivity contribution < 1.29 is 13.9 Å². The van der Waals surface area contributed by atoms with E-state index in [1.807, 2.05) is 32.9 Å². The zero-order chi connectivity index (χ0) is 12.0. The average Bonchev–Trinajstić information content (AvgIpc) is 2.79. The molecule has 4 nitrogen and oxygen atoms in total. The molecule has 0 saturated heterocycles. The Balaban J connectivity index is 2.31. The maximum Gasteiger partial charge on any atom is 0.309 e. The van der Waals surface area contributed by atoms with Gasteiger partial charge in [-0.3, -0.25) is 4.79 Å². The van der Waals surface area contributed by atoms with Crippen LogP contribution in [0.4, 0.5) is 0 Å². The Morgan fingerprint density at radius 2 is 2.31 bits per heavy atom. The van der Waals surface area contributed by atoms with Gasteiger partial charge in [-0.05, 0) is 26.0 Å². The van der Waals surface area contributed by atoms with Crippen LogP contribution in [0.25, 0.3) is 0 Å². The molecule has 1 N–H and O–H groups in total. The molecule has 1 rings (SSSR count). The minimum atomic E-state index is -0.165. The summed E-state index contributed by atoms with van der Waals surface area (Å²) < 4.78 is 10.2. The highest BCUT2D eigenvalue weighted by Crippen LogP contribution is 2.12. The second-order valence-corrected chi connectivity index (χ2v) is 3.80. The lowest BCUT2D eigenvalue weighted by Crippen LogP contribution is -2.29. The Morgan fingerprint density at radius 1 is 1.56 bits per heavy atom. The van der Waals surface area contributed by atoms with Crippen LogP contribution in [0.15, 0.2) is 22.8 Å². The van der Waals surface area contributed by atoms with E-state index in [2.05, 4.69) is 5.32 Å². The highest BCUT2D eigenvalue weighted by molar-refractivity contribution is 5.72. The van der Waals surface area contributed by atoms with Crippen LogP contribution in [0.5, 0.6) is 0 Å². The van der Waals surface area contributed by atoms with Gasteiger partial charge in [0.25, 0.3) is 0 Å². The Morgan fingerprint density at radius 3 is 2.88 bits per heavy atom. The van der Waals surface area contributed by atoms with Crippen molar-refractivity contribution in [3.63, 3.8) is 0 Å². The first-order valence-corrected chi connectivity index (χ1v) is 5.58. The molecular formula is C12H19NO3. The van der Waals surface area contributed by atoms with Crippen LogP contribution in [-0.2, 0) is 9.53 Å². The SMILES string of the molecule is CCOC(=O)C(C)CNC(C)c1ccco1. The average molecular weight is 225 g/mol. The van der Waals surface area contributed by atoms with Crippen LogP contribution in [0.3, 0.4) is 0 Å². The van der Waals surface area contributed by atoms with Gasteiger partial charge in [0, 0.05) is 6.54 Å². The second-order valence-electron chi connectivity index (χ2n) is 3.80. The molecular weight excluding hydrogens is 206 g/mol. The molecule has 0 aromatic carbocycles. The van der Waals surface area contributed by atoms with E-state index in [1.54, 1.807) is 6.26 Å². The van der Waals surface area contributed by atoms with Crippen molar-refractivity contribution in [3.8, 4) is 0 Å². The Bertz CT molecular complexity index is 308. The molecule has 0 amide bonds. The predicted molar refractivity (Wildman–Crippen MR) is 60.9 cm³/mol. The number of esters is 1. The minimum absolute atomic E-state index is 0.104. The van der Waals surface area contributed by atoms with Gasteiger partial charge < -0.3 is 14.5 Å². The van der Waals surface area contributed by atoms with E-state index in [0.29, 0.717) is 13.2 Å². The predicted octanol–water partition coefficient (Wildman–Crippen LogP) is 2.13. The summed E-state index contributed by atoms with van der Waals surface area (Å²) in [7, 11) is 0. The van der Waals surface area contributed by atoms with Crippen molar-refractivity contribution in [2.75, 3.05) is 13.2 Å². The number of hydrogen-bond donors (Lipinski definition) is 1. The fourth-order valence-electron chi connectivity index (χ4n) is 1.36. The van der Waals surface area contributed by atoms with Crippen LogP contribution in [0.2, 0.25) is 0 Å². The Hall–Kier alpha value is -1.29. The number of carbonyl (C=O) groups is 1. The maximum absolute atomic E-state index is 11.4. The van der Waals surface area contributed by atoms with Crippen molar-refractivity contribution in [2.45, 2.75) is 26.8 Å². The summed E-state index contributed by atoms with van der Waals surface area (Å²) in [6.45, 7) is 6.66. The quantitative estimate of drug-likeness (QED) is 0.753. The van der Waals surface area contributed by atoms with E-state index >= 15 is 0 Å². The standard InChI is InChI=1S/C12H19NO3/c1-4-15-12(14)9(2)8-13-10(3)11-6-5-7-16-11/h5-7,9-10,13H,4,8H2,1-3H3. The summed E-state index contributed by atoms with van der Waals surface area (Å²) in [4.78, 5) is 11.4. The van der Waals surface area contributed by atoms with E-state index in [1.165, 1.54) is 0 Å². The van der Waals surface area contributed by atoms with Crippen molar-refractivity contribution >= 4 is 5.97 Å². The zero-order valence-electron chi connectivity index (χ0n) is 10.0. The van der Waals surface area contributed by atoms with Gasteiger partial charge in [0.15, 0.2) is 0 Å². The van der Waals surface area contributed by atoms with E-state index in [0.717, 1.165) is 5.76 Å². The van der Waals surface area contributed by atoms with Gasteiger partial charge >= 0.3 is 5.97 Å². The third kappa shape index (κ3) is 3.70. The molecule has 0 aliphatic rings. The second kappa shape index (κ2) is 6.33. The van der Waals surface area contributed by atoms with Crippen molar-refractivity contribution in [1.29, 1.82) is 0 Å². The first-order valence-electron chi connectivity index (χ1n) is 5.58. The third-order valence-corrected chi connectivity index (χ3v) is 2.39. The lowest BCUT2D eigenvalue weighted by molar-refractivity contribution is -0.147. The van der Waals surface area contributed by atoms with E-state index in [9.17, 15) is 4.79 Å². The molecule has 0 aliphatic heterocycles. The third-order valence-electron chi connectivity index (χ3n) is 2.39. The molecule has 16 heavy (non-hydrogen) atoms. The summed E-state index contributed by atoms with van der Waals surface area (Å²) in [5.74, 6) is 0.565. The molecule has 1 aromatic heterocycles. The number of rotatable bonds is 6. The molecule has 4 heteroatoms. The van der Waals surface area contributed by atoms with Crippen LogP contribution in [0.1, 0.15) is 32.6 Å². The van der Waals surface area contributed by atoms with Gasteiger partial charge in [0.1, 0.15) is 5.76 Å². The van der Waals surface area contributed by atoms with Gasteiger partial charge in [0.2, 0.25) is 0 Å². The molecule has 0 aliphatic carbocycles. The van der Waals surface area contributed by atoms with Gasteiger partial charge in [0.05, 0.1) is 24.8 Å². The smallest absolute Gasteiger partial charge is 0.309 e. The highest BCUT2D eigenvalue weighted by Gasteiger charge is 2.15. The van der Waals surface area contributed by atoms with Crippen LogP contribution < -0.4 is 5.32 Å². The first-order chi connectivity index (χ1) is 7.65. The molecule has 1 heterocycles. The number of nitrogens with one attached hydrogen (secondary N) is 1. The first kappa shape index (κ1) is 12.8. The molecule has 2 unspecified atom stereocenters. The summed E-state index contributed by atoms with van der Waals surface area (Å²) >= 11 is 0. The van der Waals surface area contributed by atoms with Crippen molar-refractivity contribution in [1.82, 2.24) is 5.32 Å². The van der Waals surface area contributed by atoms with E-state index in [4.69, 9.17) is 9.15 Å². The number of furan rings is 1. The van der Waals surface area contributed by atoms with Crippen LogP contribution in [-0.4, -0.2) is 19.1 Å². The Kier molecular flexibility index (Phi) is 5.05. The van der Waals surface area contributed by atoms with Crippen LogP contribution >= 0.6 is 0 Å². The molecule has 0 spiro atoms. The van der Waals surface area contributed by atoms with Gasteiger partial charge in [-0.1, -0.05) is 6.92 Å². The fourth-order valence-corrected chi connectivity index (χ4v) is 1.36. The van der Waals surface area contributed by atoms with Crippen molar-refractivity contribution in [2.24, 2.45) is 5.92 Å². The molecule has 0 bridgehead atoms. The molecule has 1 aromatic rings. The van der Waals surface area contributed by atoms with Crippen LogP contribution in [0, 0.1) is 5.92 Å².